The highest BCUT2D eigenvalue weighted by Gasteiger charge is 2.40. The second kappa shape index (κ2) is 6.20. The van der Waals surface area contributed by atoms with E-state index in [1.165, 1.54) is 17.2 Å². The molecule has 0 aromatic heterocycles. The van der Waals surface area contributed by atoms with Crippen LogP contribution in [0.5, 0.6) is 0 Å². The standard InChI is InChI=1S/C20H22O2S/c21-20(17-12-18-6-3-7-19(13-17)23(18)22)11-14-8-9-15-4-1-2-5-16(15)10-14/h1-2,4-5,8-10,17-19H,3,6-7,11-13H2. The van der Waals surface area contributed by atoms with Gasteiger partial charge in [-0.1, -0.05) is 48.9 Å². The Kier molecular flexibility index (Phi) is 4.06. The number of hydrogen-bond donors (Lipinski definition) is 0. The first-order valence-corrected chi connectivity index (χ1v) is 9.88. The Hall–Kier alpha value is -1.48. The molecule has 2 unspecified atom stereocenters. The molecule has 0 N–H and O–H groups in total. The maximum atomic E-state index is 12.7. The minimum absolute atomic E-state index is 0.120. The molecule has 2 fully saturated rings. The van der Waals surface area contributed by atoms with Crippen LogP contribution in [-0.4, -0.2) is 20.5 Å². The van der Waals surface area contributed by atoms with E-state index >= 15 is 0 Å². The molecule has 2 aliphatic heterocycles. The number of carbonyl (C=O) groups excluding carboxylic acids is 1. The van der Waals surface area contributed by atoms with E-state index in [9.17, 15) is 9.00 Å². The van der Waals surface area contributed by atoms with Crippen molar-refractivity contribution in [3.05, 3.63) is 48.0 Å². The smallest absolute Gasteiger partial charge is 0.140 e. The van der Waals surface area contributed by atoms with Crippen molar-refractivity contribution in [3.8, 4) is 0 Å². The summed E-state index contributed by atoms with van der Waals surface area (Å²) in [6.07, 6.45) is 5.48. The van der Waals surface area contributed by atoms with Gasteiger partial charge in [-0.25, -0.2) is 0 Å². The molecule has 2 aromatic carbocycles. The maximum absolute atomic E-state index is 12.7. The quantitative estimate of drug-likeness (QED) is 0.853. The Labute approximate surface area is 139 Å². The number of carbonyl (C=O) groups is 1. The molecule has 3 heteroatoms. The number of hydrogen-bond acceptors (Lipinski definition) is 2. The highest BCUT2D eigenvalue weighted by Crippen LogP contribution is 2.37. The van der Waals surface area contributed by atoms with E-state index < -0.39 is 10.8 Å². The summed E-state index contributed by atoms with van der Waals surface area (Å²) in [7, 11) is -0.690. The lowest BCUT2D eigenvalue weighted by Crippen LogP contribution is -2.41. The number of rotatable bonds is 3. The fourth-order valence-electron chi connectivity index (χ4n) is 4.19. The summed E-state index contributed by atoms with van der Waals surface area (Å²) in [5, 5.41) is 2.95. The van der Waals surface area contributed by atoms with Crippen LogP contribution in [0.2, 0.25) is 0 Å². The summed E-state index contributed by atoms with van der Waals surface area (Å²) in [5.41, 5.74) is 1.10. The molecule has 2 saturated heterocycles. The molecule has 23 heavy (non-hydrogen) atoms. The van der Waals surface area contributed by atoms with Crippen LogP contribution in [0, 0.1) is 5.92 Å². The minimum atomic E-state index is -0.690. The zero-order valence-electron chi connectivity index (χ0n) is 13.2. The van der Waals surface area contributed by atoms with Crippen LogP contribution in [-0.2, 0) is 22.0 Å². The molecule has 4 rings (SSSR count). The van der Waals surface area contributed by atoms with E-state index in [0.717, 1.165) is 31.2 Å². The maximum Gasteiger partial charge on any atom is 0.140 e. The molecule has 120 valence electrons. The van der Waals surface area contributed by atoms with Gasteiger partial charge in [-0.2, -0.15) is 0 Å². The molecule has 0 amide bonds. The lowest BCUT2D eigenvalue weighted by atomic mass is 9.84. The van der Waals surface area contributed by atoms with Crippen LogP contribution in [0.4, 0.5) is 0 Å². The predicted molar refractivity (Wildman–Crippen MR) is 95.0 cm³/mol. The van der Waals surface area contributed by atoms with Gasteiger partial charge in [0.25, 0.3) is 0 Å². The van der Waals surface area contributed by atoms with E-state index in [4.69, 9.17) is 0 Å². The number of fused-ring (bicyclic) bond motifs is 3. The fourth-order valence-corrected chi connectivity index (χ4v) is 6.38. The molecule has 0 saturated carbocycles. The average molecular weight is 326 g/mol. The molecular weight excluding hydrogens is 304 g/mol. The fraction of sp³-hybridized carbons (Fsp3) is 0.450. The van der Waals surface area contributed by atoms with Crippen molar-refractivity contribution in [2.45, 2.75) is 49.0 Å². The first kappa shape index (κ1) is 15.1. The zero-order chi connectivity index (χ0) is 15.8. The van der Waals surface area contributed by atoms with Gasteiger partial charge in [0.2, 0.25) is 0 Å². The van der Waals surface area contributed by atoms with Gasteiger partial charge < -0.3 is 0 Å². The highest BCUT2D eigenvalue weighted by molar-refractivity contribution is 7.86. The minimum Gasteiger partial charge on any atom is -0.299 e. The van der Waals surface area contributed by atoms with Crippen molar-refractivity contribution in [2.75, 3.05) is 0 Å². The molecule has 0 aliphatic carbocycles. The van der Waals surface area contributed by atoms with Crippen molar-refractivity contribution < 1.29 is 9.00 Å². The van der Waals surface area contributed by atoms with Crippen LogP contribution in [0.3, 0.4) is 0 Å². The van der Waals surface area contributed by atoms with Gasteiger partial charge in [0.1, 0.15) is 5.78 Å². The summed E-state index contributed by atoms with van der Waals surface area (Å²) < 4.78 is 12.3. The van der Waals surface area contributed by atoms with Gasteiger partial charge in [0.15, 0.2) is 0 Å². The van der Waals surface area contributed by atoms with Gasteiger partial charge in [-0.3, -0.25) is 9.00 Å². The Morgan fingerprint density at radius 2 is 1.70 bits per heavy atom. The van der Waals surface area contributed by atoms with Gasteiger partial charge in [0.05, 0.1) is 0 Å². The van der Waals surface area contributed by atoms with Crippen LogP contribution >= 0.6 is 0 Å². The number of ketones is 1. The molecular formula is C20H22O2S. The van der Waals surface area contributed by atoms with Crippen molar-refractivity contribution >= 4 is 27.4 Å². The summed E-state index contributed by atoms with van der Waals surface area (Å²) in [4.78, 5) is 12.7. The normalized spacial score (nSPS) is 30.3. The van der Waals surface area contributed by atoms with Gasteiger partial charge >= 0.3 is 0 Å². The largest absolute Gasteiger partial charge is 0.299 e. The van der Waals surface area contributed by atoms with E-state index in [0.29, 0.717) is 12.2 Å². The molecule has 2 aromatic rings. The van der Waals surface area contributed by atoms with Gasteiger partial charge in [-0.15, -0.1) is 0 Å². The Morgan fingerprint density at radius 3 is 2.43 bits per heavy atom. The van der Waals surface area contributed by atoms with Gasteiger partial charge in [0, 0.05) is 33.6 Å². The van der Waals surface area contributed by atoms with Crippen molar-refractivity contribution in [1.82, 2.24) is 0 Å². The molecule has 0 spiro atoms. The lowest BCUT2D eigenvalue weighted by molar-refractivity contribution is -0.122. The van der Waals surface area contributed by atoms with E-state index in [1.807, 2.05) is 12.1 Å². The number of benzene rings is 2. The zero-order valence-corrected chi connectivity index (χ0v) is 14.1. The van der Waals surface area contributed by atoms with Crippen molar-refractivity contribution in [1.29, 1.82) is 0 Å². The first-order valence-electron chi connectivity index (χ1n) is 8.60. The Morgan fingerprint density at radius 1 is 1.00 bits per heavy atom. The first-order chi connectivity index (χ1) is 11.2. The van der Waals surface area contributed by atoms with Crippen molar-refractivity contribution in [2.24, 2.45) is 5.92 Å². The Balaban J connectivity index is 1.49. The molecule has 2 aliphatic rings. The van der Waals surface area contributed by atoms with Crippen LogP contribution in [0.1, 0.15) is 37.7 Å². The summed E-state index contributed by atoms with van der Waals surface area (Å²) >= 11 is 0. The average Bonchev–Trinajstić information content (AvgIpc) is 2.54. The Bertz CT molecular complexity index is 751. The van der Waals surface area contributed by atoms with E-state index in [1.54, 1.807) is 0 Å². The topological polar surface area (TPSA) is 34.1 Å². The predicted octanol–water partition coefficient (Wildman–Crippen LogP) is 4.03. The van der Waals surface area contributed by atoms with Crippen LogP contribution < -0.4 is 0 Å². The molecule has 0 radical (unpaired) electrons. The second-order valence-electron chi connectivity index (χ2n) is 7.00. The third kappa shape index (κ3) is 2.99. The summed E-state index contributed by atoms with van der Waals surface area (Å²) in [6.45, 7) is 0. The van der Waals surface area contributed by atoms with Crippen LogP contribution in [0.25, 0.3) is 10.8 Å². The highest BCUT2D eigenvalue weighted by atomic mass is 32.2. The molecule has 2 heterocycles. The molecule has 2 atom stereocenters. The monoisotopic (exact) mass is 326 g/mol. The SMILES string of the molecule is O=C(Cc1ccc2ccccc2c1)C1CC2CCCC(C1)S2=O. The third-order valence-electron chi connectivity index (χ3n) is 5.45. The van der Waals surface area contributed by atoms with E-state index in [-0.39, 0.29) is 16.4 Å². The van der Waals surface area contributed by atoms with Gasteiger partial charge in [-0.05, 0) is 42.0 Å². The molecule has 2 nitrogen and oxygen atoms in total. The second-order valence-corrected chi connectivity index (χ2v) is 8.99. The summed E-state index contributed by atoms with van der Waals surface area (Å²) in [6, 6.07) is 14.6. The summed E-state index contributed by atoms with van der Waals surface area (Å²) in [5.74, 6) is 0.461. The van der Waals surface area contributed by atoms with E-state index in [2.05, 4.69) is 30.3 Å². The third-order valence-corrected chi connectivity index (χ3v) is 7.62. The van der Waals surface area contributed by atoms with Crippen molar-refractivity contribution in [3.63, 3.8) is 0 Å². The lowest BCUT2D eigenvalue weighted by Gasteiger charge is -2.37. The van der Waals surface area contributed by atoms with Crippen LogP contribution in [0.15, 0.2) is 42.5 Å². The molecule has 2 bridgehead atoms. The number of Topliss-reactive ketones (excluding diaryl/α,β-unsaturated/α-hetero) is 1.